The summed E-state index contributed by atoms with van der Waals surface area (Å²) in [7, 11) is 4.16. The standard InChI is InChI=1S/C10H15IN2S/c1-13(2)5-6-14-10-4-3-8(11)7-9(10)12/h3-4,7H,5-6,12H2,1-2H3. The Labute approximate surface area is 103 Å². The topological polar surface area (TPSA) is 29.3 Å². The number of thioether (sulfide) groups is 1. The number of anilines is 1. The first kappa shape index (κ1) is 12.1. The summed E-state index contributed by atoms with van der Waals surface area (Å²) in [6, 6.07) is 6.20. The van der Waals surface area contributed by atoms with Gasteiger partial charge in [-0.05, 0) is 54.9 Å². The lowest BCUT2D eigenvalue weighted by Gasteiger charge is -2.10. The van der Waals surface area contributed by atoms with Crippen molar-refractivity contribution in [1.29, 1.82) is 0 Å². The van der Waals surface area contributed by atoms with Crippen LogP contribution >= 0.6 is 34.4 Å². The van der Waals surface area contributed by atoms with Gasteiger partial charge in [0.2, 0.25) is 0 Å². The maximum Gasteiger partial charge on any atom is 0.0462 e. The molecule has 0 saturated carbocycles. The van der Waals surface area contributed by atoms with Gasteiger partial charge in [-0.2, -0.15) is 0 Å². The first-order valence-electron chi connectivity index (χ1n) is 4.42. The van der Waals surface area contributed by atoms with Gasteiger partial charge in [0, 0.05) is 26.5 Å². The minimum Gasteiger partial charge on any atom is -0.398 e. The Balaban J connectivity index is 2.51. The average molecular weight is 322 g/mol. The molecule has 2 N–H and O–H groups in total. The van der Waals surface area contributed by atoms with Crippen molar-refractivity contribution < 1.29 is 0 Å². The predicted octanol–water partition coefficient (Wildman–Crippen LogP) is 2.53. The van der Waals surface area contributed by atoms with Crippen LogP contribution in [0.2, 0.25) is 0 Å². The fourth-order valence-electron chi connectivity index (χ4n) is 0.989. The highest BCUT2D eigenvalue weighted by Crippen LogP contribution is 2.26. The molecule has 4 heteroatoms. The van der Waals surface area contributed by atoms with Crippen LogP contribution in [0.1, 0.15) is 0 Å². The molecule has 0 aliphatic carbocycles. The van der Waals surface area contributed by atoms with E-state index in [0.717, 1.165) is 18.0 Å². The van der Waals surface area contributed by atoms with E-state index < -0.39 is 0 Å². The van der Waals surface area contributed by atoms with Crippen molar-refractivity contribution in [3.05, 3.63) is 21.8 Å². The quantitative estimate of drug-likeness (QED) is 0.525. The van der Waals surface area contributed by atoms with Crippen molar-refractivity contribution >= 4 is 40.0 Å². The molecule has 1 aromatic carbocycles. The molecule has 78 valence electrons. The second-order valence-corrected chi connectivity index (χ2v) is 5.72. The summed E-state index contributed by atoms with van der Waals surface area (Å²) in [5.41, 5.74) is 6.79. The van der Waals surface area contributed by atoms with Gasteiger partial charge in [-0.3, -0.25) is 0 Å². The third-order valence-corrected chi connectivity index (χ3v) is 3.51. The predicted molar refractivity (Wildman–Crippen MR) is 72.8 cm³/mol. The highest BCUT2D eigenvalue weighted by atomic mass is 127. The van der Waals surface area contributed by atoms with Crippen LogP contribution in [-0.4, -0.2) is 31.3 Å². The zero-order valence-electron chi connectivity index (χ0n) is 8.46. The molecule has 0 aromatic heterocycles. The van der Waals surface area contributed by atoms with Gasteiger partial charge in [-0.25, -0.2) is 0 Å². The lowest BCUT2D eigenvalue weighted by atomic mass is 10.3. The van der Waals surface area contributed by atoms with Crippen LogP contribution in [0.25, 0.3) is 0 Å². The molecule has 0 heterocycles. The van der Waals surface area contributed by atoms with Gasteiger partial charge in [0.05, 0.1) is 0 Å². The van der Waals surface area contributed by atoms with Crippen molar-refractivity contribution in [2.75, 3.05) is 32.1 Å². The van der Waals surface area contributed by atoms with Gasteiger partial charge < -0.3 is 10.6 Å². The van der Waals surface area contributed by atoms with Crippen molar-refractivity contribution in [1.82, 2.24) is 4.90 Å². The Morgan fingerprint density at radius 1 is 1.43 bits per heavy atom. The SMILES string of the molecule is CN(C)CCSc1ccc(I)cc1N. The maximum atomic E-state index is 5.90. The van der Waals surface area contributed by atoms with E-state index >= 15 is 0 Å². The molecule has 0 atom stereocenters. The summed E-state index contributed by atoms with van der Waals surface area (Å²) in [5.74, 6) is 1.08. The summed E-state index contributed by atoms with van der Waals surface area (Å²) in [6.07, 6.45) is 0. The molecule has 0 unspecified atom stereocenters. The molecule has 0 saturated heterocycles. The van der Waals surface area contributed by atoms with Gasteiger partial charge in [-0.15, -0.1) is 11.8 Å². The van der Waals surface area contributed by atoms with Crippen LogP contribution < -0.4 is 5.73 Å². The van der Waals surface area contributed by atoms with Crippen LogP contribution in [0, 0.1) is 3.57 Å². The molecule has 14 heavy (non-hydrogen) atoms. The van der Waals surface area contributed by atoms with E-state index in [0.29, 0.717) is 0 Å². The number of hydrogen-bond acceptors (Lipinski definition) is 3. The van der Waals surface area contributed by atoms with Crippen LogP contribution in [0.3, 0.4) is 0 Å². The third kappa shape index (κ3) is 4.06. The monoisotopic (exact) mass is 322 g/mol. The van der Waals surface area contributed by atoms with Gasteiger partial charge in [0.15, 0.2) is 0 Å². The van der Waals surface area contributed by atoms with Crippen molar-refractivity contribution in [2.24, 2.45) is 0 Å². The van der Waals surface area contributed by atoms with E-state index in [2.05, 4.69) is 53.7 Å². The second kappa shape index (κ2) is 5.82. The number of nitrogens with zero attached hydrogens (tertiary/aromatic N) is 1. The average Bonchev–Trinajstić information content (AvgIpc) is 2.08. The fraction of sp³-hybridized carbons (Fsp3) is 0.400. The molecule has 0 aliphatic heterocycles. The van der Waals surface area contributed by atoms with E-state index in [9.17, 15) is 0 Å². The van der Waals surface area contributed by atoms with Crippen LogP contribution in [0.5, 0.6) is 0 Å². The maximum absolute atomic E-state index is 5.90. The number of nitrogen functional groups attached to an aromatic ring is 1. The first-order valence-corrected chi connectivity index (χ1v) is 6.48. The summed E-state index contributed by atoms with van der Waals surface area (Å²) in [4.78, 5) is 3.36. The minimum atomic E-state index is 0.889. The Bertz CT molecular complexity index is 302. The van der Waals surface area contributed by atoms with E-state index in [1.165, 1.54) is 8.47 Å². The molecule has 0 radical (unpaired) electrons. The molecule has 1 aromatic rings. The molecule has 2 nitrogen and oxygen atoms in total. The fourth-order valence-corrected chi connectivity index (χ4v) is 2.57. The number of rotatable bonds is 4. The number of benzene rings is 1. The molecular weight excluding hydrogens is 307 g/mol. The van der Waals surface area contributed by atoms with E-state index in [4.69, 9.17) is 5.73 Å². The lowest BCUT2D eigenvalue weighted by molar-refractivity contribution is 0.437. The van der Waals surface area contributed by atoms with E-state index in [1.807, 2.05) is 17.8 Å². The Morgan fingerprint density at radius 3 is 2.71 bits per heavy atom. The number of halogens is 1. The molecule has 0 aliphatic rings. The summed E-state index contributed by atoms with van der Waals surface area (Å²) >= 11 is 4.09. The van der Waals surface area contributed by atoms with Gasteiger partial charge in [-0.1, -0.05) is 0 Å². The largest absolute Gasteiger partial charge is 0.398 e. The molecule has 1 rings (SSSR count). The second-order valence-electron chi connectivity index (χ2n) is 3.33. The van der Waals surface area contributed by atoms with Crippen LogP contribution in [0.4, 0.5) is 5.69 Å². The van der Waals surface area contributed by atoms with Gasteiger partial charge in [0.25, 0.3) is 0 Å². The Hall–Kier alpha value is 0.0600. The number of nitrogens with two attached hydrogens (primary N) is 1. The Morgan fingerprint density at radius 2 is 2.14 bits per heavy atom. The summed E-state index contributed by atoms with van der Waals surface area (Å²) in [6.45, 7) is 1.08. The Kier molecular flexibility index (Phi) is 5.05. The first-order chi connectivity index (χ1) is 6.59. The van der Waals surface area contributed by atoms with Gasteiger partial charge in [0.1, 0.15) is 0 Å². The zero-order chi connectivity index (χ0) is 10.6. The molecule has 0 amide bonds. The third-order valence-electron chi connectivity index (χ3n) is 1.77. The minimum absolute atomic E-state index is 0.889. The molecule has 0 bridgehead atoms. The van der Waals surface area contributed by atoms with Crippen molar-refractivity contribution in [3.8, 4) is 0 Å². The van der Waals surface area contributed by atoms with Crippen molar-refractivity contribution in [3.63, 3.8) is 0 Å². The summed E-state index contributed by atoms with van der Waals surface area (Å²) in [5, 5.41) is 0. The normalized spacial score (nSPS) is 10.9. The smallest absolute Gasteiger partial charge is 0.0462 e. The van der Waals surface area contributed by atoms with E-state index in [1.54, 1.807) is 0 Å². The van der Waals surface area contributed by atoms with E-state index in [-0.39, 0.29) is 0 Å². The zero-order valence-corrected chi connectivity index (χ0v) is 11.4. The highest BCUT2D eigenvalue weighted by Gasteiger charge is 2.00. The highest BCUT2D eigenvalue weighted by molar-refractivity contribution is 14.1. The van der Waals surface area contributed by atoms with Gasteiger partial charge >= 0.3 is 0 Å². The van der Waals surface area contributed by atoms with Crippen LogP contribution in [-0.2, 0) is 0 Å². The molecular formula is C10H15IN2S. The molecule has 0 spiro atoms. The summed E-state index contributed by atoms with van der Waals surface area (Å²) < 4.78 is 1.19. The van der Waals surface area contributed by atoms with Crippen LogP contribution in [0.15, 0.2) is 23.1 Å². The molecule has 0 fully saturated rings. The van der Waals surface area contributed by atoms with Crippen molar-refractivity contribution in [2.45, 2.75) is 4.90 Å². The number of hydrogen-bond donors (Lipinski definition) is 1. The lowest BCUT2D eigenvalue weighted by Crippen LogP contribution is -2.14.